The molecule has 0 radical (unpaired) electrons. The number of hydrogen-bond acceptors (Lipinski definition) is 3. The van der Waals surface area contributed by atoms with Gasteiger partial charge in [0.1, 0.15) is 0 Å². The molecular weight excluding hydrogens is 386 g/mol. The predicted molar refractivity (Wildman–Crippen MR) is 118 cm³/mol. The Labute approximate surface area is 175 Å². The minimum Gasteiger partial charge on any atom is -0.346 e. The Morgan fingerprint density at radius 1 is 0.966 bits per heavy atom. The van der Waals surface area contributed by atoms with Crippen LogP contribution in [0.25, 0.3) is 10.8 Å². The minimum atomic E-state index is -0.717. The molecule has 0 saturated carbocycles. The van der Waals surface area contributed by atoms with E-state index in [1.807, 2.05) is 37.2 Å². The molecule has 150 valence electrons. The SMILES string of the molecule is Cc1c(Cl)cccc1NC(=O)C(=O)NCC(c1cccc2ccccc12)N(C)C. The van der Waals surface area contributed by atoms with E-state index in [4.69, 9.17) is 11.6 Å². The second kappa shape index (κ2) is 9.07. The van der Waals surface area contributed by atoms with Gasteiger partial charge in [-0.05, 0) is 55.1 Å². The van der Waals surface area contributed by atoms with Gasteiger partial charge in [0.2, 0.25) is 0 Å². The first-order valence-electron chi connectivity index (χ1n) is 9.37. The highest BCUT2D eigenvalue weighted by Gasteiger charge is 2.21. The van der Waals surface area contributed by atoms with Gasteiger partial charge in [0.15, 0.2) is 0 Å². The molecule has 0 aliphatic carbocycles. The Kier molecular flexibility index (Phi) is 6.52. The van der Waals surface area contributed by atoms with Crippen LogP contribution in [-0.2, 0) is 9.59 Å². The van der Waals surface area contributed by atoms with Crippen molar-refractivity contribution in [2.24, 2.45) is 0 Å². The molecule has 0 bridgehead atoms. The Morgan fingerprint density at radius 2 is 1.66 bits per heavy atom. The molecule has 29 heavy (non-hydrogen) atoms. The molecular formula is C23H24ClN3O2. The molecule has 1 unspecified atom stereocenters. The third kappa shape index (κ3) is 4.75. The molecule has 0 heterocycles. The van der Waals surface area contributed by atoms with Gasteiger partial charge in [-0.3, -0.25) is 9.59 Å². The summed E-state index contributed by atoms with van der Waals surface area (Å²) in [6, 6.07) is 19.3. The number of nitrogens with zero attached hydrogens (tertiary/aromatic N) is 1. The third-order valence-electron chi connectivity index (χ3n) is 4.98. The van der Waals surface area contributed by atoms with Crippen LogP contribution in [0.15, 0.2) is 60.7 Å². The minimum absolute atomic E-state index is 0.0780. The van der Waals surface area contributed by atoms with Crippen LogP contribution in [-0.4, -0.2) is 37.4 Å². The summed E-state index contributed by atoms with van der Waals surface area (Å²) in [5, 5.41) is 8.18. The zero-order valence-corrected chi connectivity index (χ0v) is 17.5. The summed E-state index contributed by atoms with van der Waals surface area (Å²) in [7, 11) is 3.90. The number of hydrogen-bond donors (Lipinski definition) is 2. The number of halogens is 1. The van der Waals surface area contributed by atoms with Gasteiger partial charge in [0.25, 0.3) is 0 Å². The van der Waals surface area contributed by atoms with Gasteiger partial charge in [-0.1, -0.05) is 60.1 Å². The maximum Gasteiger partial charge on any atom is 0.313 e. The van der Waals surface area contributed by atoms with Crippen molar-refractivity contribution in [2.75, 3.05) is 26.0 Å². The van der Waals surface area contributed by atoms with Gasteiger partial charge in [-0.25, -0.2) is 0 Å². The van der Waals surface area contributed by atoms with Gasteiger partial charge in [-0.2, -0.15) is 0 Å². The highest BCUT2D eigenvalue weighted by molar-refractivity contribution is 6.40. The number of amides is 2. The zero-order valence-electron chi connectivity index (χ0n) is 16.7. The van der Waals surface area contributed by atoms with Crippen molar-refractivity contribution < 1.29 is 9.59 Å². The lowest BCUT2D eigenvalue weighted by Crippen LogP contribution is -2.40. The largest absolute Gasteiger partial charge is 0.346 e. The first-order valence-corrected chi connectivity index (χ1v) is 9.74. The fraction of sp³-hybridized carbons (Fsp3) is 0.217. The second-order valence-electron chi connectivity index (χ2n) is 7.12. The van der Waals surface area contributed by atoms with Crippen LogP contribution < -0.4 is 10.6 Å². The summed E-state index contributed by atoms with van der Waals surface area (Å²) >= 11 is 6.07. The monoisotopic (exact) mass is 409 g/mol. The van der Waals surface area contributed by atoms with Crippen molar-refractivity contribution in [1.29, 1.82) is 0 Å². The Hall–Kier alpha value is -2.89. The summed E-state index contributed by atoms with van der Waals surface area (Å²) < 4.78 is 0. The molecule has 0 aromatic heterocycles. The van der Waals surface area contributed by atoms with E-state index in [9.17, 15) is 9.59 Å². The first kappa shape index (κ1) is 20.8. The molecule has 0 fully saturated rings. The summed E-state index contributed by atoms with van der Waals surface area (Å²) in [6.45, 7) is 2.10. The maximum absolute atomic E-state index is 12.4. The van der Waals surface area contributed by atoms with Crippen LogP contribution in [0.3, 0.4) is 0 Å². The standard InChI is InChI=1S/C23H24ClN3O2/c1-15-19(24)12-7-13-20(15)26-23(29)22(28)25-14-21(27(2)3)18-11-6-9-16-8-4-5-10-17(16)18/h4-13,21H,14H2,1-3H3,(H,25,28)(H,26,29). The average molecular weight is 410 g/mol. The number of benzene rings is 3. The van der Waals surface area contributed by atoms with E-state index in [-0.39, 0.29) is 6.04 Å². The molecule has 3 rings (SSSR count). The van der Waals surface area contributed by atoms with Crippen LogP contribution in [0.5, 0.6) is 0 Å². The van der Waals surface area contributed by atoms with E-state index in [1.54, 1.807) is 25.1 Å². The number of carbonyl (C=O) groups is 2. The molecule has 6 heteroatoms. The lowest BCUT2D eigenvalue weighted by molar-refractivity contribution is -0.136. The molecule has 1 atom stereocenters. The number of rotatable bonds is 5. The highest BCUT2D eigenvalue weighted by atomic mass is 35.5. The molecule has 3 aromatic carbocycles. The molecule has 5 nitrogen and oxygen atoms in total. The number of anilines is 1. The van der Waals surface area contributed by atoms with Crippen molar-refractivity contribution >= 4 is 39.9 Å². The number of carbonyl (C=O) groups excluding carboxylic acids is 2. The fourth-order valence-corrected chi connectivity index (χ4v) is 3.48. The van der Waals surface area contributed by atoms with Gasteiger partial charge in [0.05, 0.1) is 6.04 Å². The quantitative estimate of drug-likeness (QED) is 0.622. The average Bonchev–Trinajstić information content (AvgIpc) is 2.71. The second-order valence-corrected chi connectivity index (χ2v) is 7.53. The Balaban J connectivity index is 1.72. The van der Waals surface area contributed by atoms with E-state index < -0.39 is 11.8 Å². The van der Waals surface area contributed by atoms with Crippen molar-refractivity contribution in [2.45, 2.75) is 13.0 Å². The molecule has 2 N–H and O–H groups in total. The van der Waals surface area contributed by atoms with Gasteiger partial charge >= 0.3 is 11.8 Å². The van der Waals surface area contributed by atoms with E-state index in [0.717, 1.165) is 21.9 Å². The maximum atomic E-state index is 12.4. The van der Waals surface area contributed by atoms with Crippen molar-refractivity contribution in [1.82, 2.24) is 10.2 Å². The molecule has 0 saturated heterocycles. The van der Waals surface area contributed by atoms with Crippen LogP contribution in [0, 0.1) is 6.92 Å². The van der Waals surface area contributed by atoms with Crippen molar-refractivity contribution in [3.8, 4) is 0 Å². The van der Waals surface area contributed by atoms with E-state index in [2.05, 4.69) is 34.9 Å². The number of likely N-dealkylation sites (N-methyl/N-ethyl adjacent to an activating group) is 1. The van der Waals surface area contributed by atoms with Crippen molar-refractivity contribution in [3.05, 3.63) is 76.8 Å². The van der Waals surface area contributed by atoms with Crippen LogP contribution in [0.2, 0.25) is 5.02 Å². The molecule has 0 aliphatic rings. The molecule has 0 aliphatic heterocycles. The highest BCUT2D eigenvalue weighted by Crippen LogP contribution is 2.27. The third-order valence-corrected chi connectivity index (χ3v) is 5.39. The van der Waals surface area contributed by atoms with E-state index in [0.29, 0.717) is 17.3 Å². The summed E-state index contributed by atoms with van der Waals surface area (Å²) in [5.74, 6) is -1.40. The summed E-state index contributed by atoms with van der Waals surface area (Å²) in [4.78, 5) is 26.7. The van der Waals surface area contributed by atoms with E-state index >= 15 is 0 Å². The van der Waals surface area contributed by atoms with E-state index in [1.165, 1.54) is 0 Å². The fourth-order valence-electron chi connectivity index (χ4n) is 3.30. The van der Waals surface area contributed by atoms with Gasteiger partial charge < -0.3 is 15.5 Å². The number of fused-ring (bicyclic) bond motifs is 1. The lowest BCUT2D eigenvalue weighted by Gasteiger charge is -2.26. The van der Waals surface area contributed by atoms with Gasteiger partial charge in [0, 0.05) is 17.3 Å². The molecule has 3 aromatic rings. The smallest absolute Gasteiger partial charge is 0.313 e. The predicted octanol–water partition coefficient (Wildman–Crippen LogP) is 4.16. The Morgan fingerprint density at radius 3 is 2.41 bits per heavy atom. The lowest BCUT2D eigenvalue weighted by atomic mass is 9.98. The topological polar surface area (TPSA) is 61.4 Å². The number of nitrogens with one attached hydrogen (secondary N) is 2. The van der Waals surface area contributed by atoms with Crippen LogP contribution in [0.1, 0.15) is 17.2 Å². The molecule has 2 amide bonds. The first-order chi connectivity index (χ1) is 13.9. The van der Waals surface area contributed by atoms with Gasteiger partial charge in [-0.15, -0.1) is 0 Å². The molecule has 0 spiro atoms. The normalized spacial score (nSPS) is 12.0. The summed E-state index contributed by atoms with van der Waals surface area (Å²) in [5.41, 5.74) is 2.34. The van der Waals surface area contributed by atoms with Crippen LogP contribution >= 0.6 is 11.6 Å². The van der Waals surface area contributed by atoms with Crippen molar-refractivity contribution in [3.63, 3.8) is 0 Å². The van der Waals surface area contributed by atoms with Crippen LogP contribution in [0.4, 0.5) is 5.69 Å². The summed E-state index contributed by atoms with van der Waals surface area (Å²) in [6.07, 6.45) is 0. The Bertz CT molecular complexity index is 1040. The zero-order chi connectivity index (χ0) is 21.0.